The third kappa shape index (κ3) is 3.64. The molecule has 1 aliphatic heterocycles. The summed E-state index contributed by atoms with van der Waals surface area (Å²) < 4.78 is 42.4. The van der Waals surface area contributed by atoms with Gasteiger partial charge < -0.3 is 5.32 Å². The van der Waals surface area contributed by atoms with Crippen molar-refractivity contribution < 1.29 is 22.8 Å². The smallest absolute Gasteiger partial charge is 0.316 e. The molecule has 0 spiro atoms. The molecule has 2 aliphatic rings. The van der Waals surface area contributed by atoms with Gasteiger partial charge in [0.05, 0.1) is 0 Å². The van der Waals surface area contributed by atoms with E-state index in [4.69, 9.17) is 0 Å². The fourth-order valence-electron chi connectivity index (χ4n) is 3.76. The number of benzene rings is 1. The Hall–Kier alpha value is -2.38. The third-order valence-corrected chi connectivity index (χ3v) is 5.24. The molecule has 2 amide bonds. The van der Waals surface area contributed by atoms with Crippen molar-refractivity contribution in [1.82, 2.24) is 10.2 Å². The fourth-order valence-corrected chi connectivity index (χ4v) is 3.76. The van der Waals surface area contributed by atoms with Crippen molar-refractivity contribution in [2.24, 2.45) is 4.99 Å². The summed E-state index contributed by atoms with van der Waals surface area (Å²) in [7, 11) is 0. The zero-order valence-electron chi connectivity index (χ0n) is 15.8. The Morgan fingerprint density at radius 2 is 1.89 bits per heavy atom. The third-order valence-electron chi connectivity index (χ3n) is 5.24. The Bertz CT molecular complexity index is 758. The van der Waals surface area contributed by atoms with E-state index in [-0.39, 0.29) is 18.3 Å². The molecule has 1 unspecified atom stereocenters. The lowest BCUT2D eigenvalue weighted by Gasteiger charge is -2.31. The lowest BCUT2D eigenvalue weighted by atomic mass is 10.1. The summed E-state index contributed by atoms with van der Waals surface area (Å²) in [6.07, 6.45) is -1.09. The molecule has 0 saturated heterocycles. The first-order valence-electron chi connectivity index (χ1n) is 9.67. The van der Waals surface area contributed by atoms with Gasteiger partial charge in [-0.3, -0.25) is 14.5 Å². The molecule has 28 heavy (non-hydrogen) atoms. The number of alkyl halides is 3. The van der Waals surface area contributed by atoms with Crippen LogP contribution in [0.2, 0.25) is 0 Å². The molecule has 1 N–H and O–H groups in total. The lowest BCUT2D eigenvalue weighted by Crippen LogP contribution is -2.64. The van der Waals surface area contributed by atoms with Gasteiger partial charge in [0, 0.05) is 18.0 Å². The quantitative estimate of drug-likeness (QED) is 0.797. The maximum Gasteiger partial charge on any atom is 0.442 e. The van der Waals surface area contributed by atoms with Crippen LogP contribution in [0.1, 0.15) is 57.4 Å². The molecule has 1 fully saturated rings. The number of carbonyl (C=O) groups is 2. The predicted molar refractivity (Wildman–Crippen MR) is 98.5 cm³/mol. The van der Waals surface area contributed by atoms with Crippen molar-refractivity contribution in [2.75, 3.05) is 0 Å². The molecule has 0 radical (unpaired) electrons. The van der Waals surface area contributed by atoms with Crippen molar-refractivity contribution in [1.29, 1.82) is 0 Å². The monoisotopic (exact) mass is 395 g/mol. The molecule has 1 aromatic rings. The summed E-state index contributed by atoms with van der Waals surface area (Å²) >= 11 is 0. The number of amides is 2. The maximum absolute atomic E-state index is 14.1. The maximum atomic E-state index is 14.1. The lowest BCUT2D eigenvalue weighted by molar-refractivity contribution is -0.200. The number of hydrogen-bond acceptors (Lipinski definition) is 3. The number of hydrogen-bond donors (Lipinski definition) is 1. The predicted octanol–water partition coefficient (Wildman–Crippen LogP) is 3.78. The first kappa shape index (κ1) is 20.4. The Morgan fingerprint density at radius 1 is 1.25 bits per heavy atom. The van der Waals surface area contributed by atoms with Crippen LogP contribution in [-0.4, -0.2) is 40.4 Å². The van der Waals surface area contributed by atoms with Crippen LogP contribution in [0.3, 0.4) is 0 Å². The Balaban J connectivity index is 2.06. The van der Waals surface area contributed by atoms with Crippen LogP contribution in [0, 0.1) is 0 Å². The van der Waals surface area contributed by atoms with Crippen molar-refractivity contribution in [3.05, 3.63) is 35.9 Å². The van der Waals surface area contributed by atoms with E-state index in [0.29, 0.717) is 31.2 Å². The van der Waals surface area contributed by atoms with Crippen LogP contribution < -0.4 is 5.32 Å². The second kappa shape index (κ2) is 7.93. The van der Waals surface area contributed by atoms with E-state index in [2.05, 4.69) is 4.99 Å². The van der Waals surface area contributed by atoms with Gasteiger partial charge >= 0.3 is 11.8 Å². The molecule has 152 valence electrons. The Kier molecular flexibility index (Phi) is 5.76. The molecule has 8 heteroatoms. The minimum absolute atomic E-state index is 0.0226. The van der Waals surface area contributed by atoms with Gasteiger partial charge in [0.25, 0.3) is 5.91 Å². The SMILES string of the molecule is CCCCC(=O)NC1(C(F)(F)F)N=C(c2ccccc2)N(C2CCCC2)C1=O. The van der Waals surface area contributed by atoms with Crippen molar-refractivity contribution in [3.8, 4) is 0 Å². The summed E-state index contributed by atoms with van der Waals surface area (Å²) in [5, 5.41) is 1.93. The summed E-state index contributed by atoms with van der Waals surface area (Å²) in [4.78, 5) is 30.3. The van der Waals surface area contributed by atoms with Crippen LogP contribution >= 0.6 is 0 Å². The second-order valence-electron chi connectivity index (χ2n) is 7.27. The average Bonchev–Trinajstić information content (AvgIpc) is 3.27. The summed E-state index contributed by atoms with van der Waals surface area (Å²) in [6.45, 7) is 1.83. The molecular weight excluding hydrogens is 371 g/mol. The van der Waals surface area contributed by atoms with E-state index in [1.165, 1.54) is 0 Å². The number of aliphatic imine (C=N–C) groups is 1. The van der Waals surface area contributed by atoms with Crippen molar-refractivity contribution >= 4 is 17.6 Å². The second-order valence-corrected chi connectivity index (χ2v) is 7.27. The van der Waals surface area contributed by atoms with Gasteiger partial charge in [-0.2, -0.15) is 13.2 Å². The number of nitrogens with zero attached hydrogens (tertiary/aromatic N) is 2. The normalized spacial score (nSPS) is 23.2. The first-order chi connectivity index (χ1) is 13.3. The molecule has 3 rings (SSSR count). The van der Waals surface area contributed by atoms with E-state index in [9.17, 15) is 22.8 Å². The van der Waals surface area contributed by atoms with Gasteiger partial charge in [-0.15, -0.1) is 0 Å². The number of amidine groups is 1. The van der Waals surface area contributed by atoms with E-state index >= 15 is 0 Å². The van der Waals surface area contributed by atoms with Gasteiger partial charge in [-0.05, 0) is 19.3 Å². The van der Waals surface area contributed by atoms with Crippen LogP contribution in [0.25, 0.3) is 0 Å². The summed E-state index contributed by atoms with van der Waals surface area (Å²) in [6, 6.07) is 8.01. The first-order valence-corrected chi connectivity index (χ1v) is 9.67. The highest BCUT2D eigenvalue weighted by molar-refractivity contribution is 6.16. The Morgan fingerprint density at radius 3 is 2.46 bits per heavy atom. The average molecular weight is 395 g/mol. The zero-order valence-corrected chi connectivity index (χ0v) is 15.8. The van der Waals surface area contributed by atoms with E-state index in [0.717, 1.165) is 17.7 Å². The number of halogens is 3. The molecule has 1 aliphatic carbocycles. The fraction of sp³-hybridized carbons (Fsp3) is 0.550. The van der Waals surface area contributed by atoms with E-state index < -0.39 is 23.7 Å². The zero-order chi connectivity index (χ0) is 20.4. The van der Waals surface area contributed by atoms with Gasteiger partial charge in [-0.1, -0.05) is 56.5 Å². The molecule has 1 saturated carbocycles. The summed E-state index contributed by atoms with van der Waals surface area (Å²) in [5.74, 6) is -2.06. The van der Waals surface area contributed by atoms with Crippen molar-refractivity contribution in [3.63, 3.8) is 0 Å². The topological polar surface area (TPSA) is 61.8 Å². The van der Waals surface area contributed by atoms with Gasteiger partial charge in [0.15, 0.2) is 0 Å². The molecule has 1 heterocycles. The van der Waals surface area contributed by atoms with Crippen LogP contribution in [0.15, 0.2) is 35.3 Å². The Labute approximate surface area is 162 Å². The van der Waals surface area contributed by atoms with Crippen molar-refractivity contribution in [2.45, 2.75) is 69.8 Å². The molecule has 1 aromatic carbocycles. The number of rotatable bonds is 6. The van der Waals surface area contributed by atoms with E-state index in [1.54, 1.807) is 30.3 Å². The van der Waals surface area contributed by atoms with Gasteiger partial charge in [0.1, 0.15) is 5.84 Å². The standard InChI is InChI=1S/C20H24F3N3O2/c1-2-3-13-16(27)24-19(20(21,22)23)18(28)26(15-11-7-8-12-15)17(25-19)14-9-5-4-6-10-14/h4-6,9-10,15H,2-3,7-8,11-13H2,1H3,(H,24,27). The largest absolute Gasteiger partial charge is 0.442 e. The van der Waals surface area contributed by atoms with Crippen LogP contribution in [0.5, 0.6) is 0 Å². The highest BCUT2D eigenvalue weighted by atomic mass is 19.4. The van der Waals surface area contributed by atoms with Crippen LogP contribution in [0.4, 0.5) is 13.2 Å². The number of unbranched alkanes of at least 4 members (excludes halogenated alkanes) is 1. The minimum atomic E-state index is -5.04. The number of nitrogens with one attached hydrogen (secondary N) is 1. The van der Waals surface area contributed by atoms with Gasteiger partial charge in [0.2, 0.25) is 5.91 Å². The molecule has 0 aromatic heterocycles. The highest BCUT2D eigenvalue weighted by Gasteiger charge is 2.67. The molecular formula is C20H24F3N3O2. The molecule has 1 atom stereocenters. The number of carbonyl (C=O) groups excluding carboxylic acids is 2. The summed E-state index contributed by atoms with van der Waals surface area (Å²) in [5.41, 5.74) is -2.83. The van der Waals surface area contributed by atoms with E-state index in [1.807, 2.05) is 12.2 Å². The van der Waals surface area contributed by atoms with Gasteiger partial charge in [-0.25, -0.2) is 4.99 Å². The highest BCUT2D eigenvalue weighted by Crippen LogP contribution is 2.41. The molecule has 5 nitrogen and oxygen atoms in total. The minimum Gasteiger partial charge on any atom is -0.316 e. The van der Waals surface area contributed by atoms with Crippen LogP contribution in [-0.2, 0) is 9.59 Å². The molecule has 0 bridgehead atoms.